The molecule has 0 spiro atoms. The van der Waals surface area contributed by atoms with E-state index < -0.39 is 11.9 Å². The van der Waals surface area contributed by atoms with Gasteiger partial charge in [0.15, 0.2) is 5.69 Å². The molecule has 0 atom stereocenters. The number of rotatable bonds is 4. The van der Waals surface area contributed by atoms with Crippen molar-refractivity contribution in [2.75, 3.05) is 13.2 Å². The third kappa shape index (κ3) is 3.24. The molecule has 17 heavy (non-hydrogen) atoms. The Morgan fingerprint density at radius 1 is 1.18 bits per heavy atom. The van der Waals surface area contributed by atoms with Crippen LogP contribution in [0, 0.1) is 6.92 Å². The Balaban J connectivity index is 3.11. The van der Waals surface area contributed by atoms with E-state index >= 15 is 0 Å². The predicted molar refractivity (Wildman–Crippen MR) is 58.7 cm³/mol. The van der Waals surface area contributed by atoms with Crippen molar-refractivity contribution in [2.24, 2.45) is 0 Å². The smallest absolute Gasteiger partial charge is 0.357 e. The summed E-state index contributed by atoms with van der Waals surface area (Å²) in [5.74, 6) is -0.891. The first kappa shape index (κ1) is 13.1. The largest absolute Gasteiger partial charge is 0.462 e. The highest BCUT2D eigenvalue weighted by molar-refractivity contribution is 6.01. The van der Waals surface area contributed by atoms with E-state index in [-0.39, 0.29) is 24.5 Å². The van der Waals surface area contributed by atoms with Gasteiger partial charge in [0, 0.05) is 6.20 Å². The van der Waals surface area contributed by atoms with Crippen LogP contribution >= 0.6 is 0 Å². The molecule has 0 aliphatic carbocycles. The molecule has 0 bridgehead atoms. The van der Waals surface area contributed by atoms with Gasteiger partial charge in [-0.2, -0.15) is 0 Å². The number of esters is 2. The van der Waals surface area contributed by atoms with E-state index in [1.54, 1.807) is 20.8 Å². The van der Waals surface area contributed by atoms with E-state index in [0.717, 1.165) is 0 Å². The van der Waals surface area contributed by atoms with Gasteiger partial charge in [0.05, 0.1) is 13.2 Å². The van der Waals surface area contributed by atoms with Crippen molar-refractivity contribution in [1.82, 2.24) is 9.97 Å². The maximum atomic E-state index is 11.6. The summed E-state index contributed by atoms with van der Waals surface area (Å²) in [5, 5.41) is 0. The van der Waals surface area contributed by atoms with E-state index in [4.69, 9.17) is 9.47 Å². The minimum Gasteiger partial charge on any atom is -0.462 e. The number of hydrogen-bond acceptors (Lipinski definition) is 6. The van der Waals surface area contributed by atoms with E-state index in [2.05, 4.69) is 9.97 Å². The lowest BCUT2D eigenvalue weighted by Gasteiger charge is -2.07. The molecule has 1 rings (SSSR count). The van der Waals surface area contributed by atoms with Crippen molar-refractivity contribution in [3.8, 4) is 0 Å². The van der Waals surface area contributed by atoms with Crippen LogP contribution in [0.5, 0.6) is 0 Å². The van der Waals surface area contributed by atoms with Gasteiger partial charge >= 0.3 is 11.9 Å². The molecule has 0 unspecified atom stereocenters. The highest BCUT2D eigenvalue weighted by atomic mass is 16.5. The van der Waals surface area contributed by atoms with Gasteiger partial charge in [-0.25, -0.2) is 19.6 Å². The number of ether oxygens (including phenoxy) is 2. The number of aryl methyl sites for hydroxylation is 1. The Morgan fingerprint density at radius 3 is 2.35 bits per heavy atom. The summed E-state index contributed by atoms with van der Waals surface area (Å²) < 4.78 is 9.62. The minimum absolute atomic E-state index is 0.0240. The van der Waals surface area contributed by atoms with Crippen molar-refractivity contribution in [2.45, 2.75) is 20.8 Å². The second-order valence-corrected chi connectivity index (χ2v) is 3.12. The molecule has 92 valence electrons. The van der Waals surface area contributed by atoms with Gasteiger partial charge in [0.1, 0.15) is 11.4 Å². The van der Waals surface area contributed by atoms with Crippen LogP contribution in [0.3, 0.4) is 0 Å². The number of nitrogens with zero attached hydrogens (tertiary/aromatic N) is 2. The molecule has 0 aliphatic rings. The summed E-state index contributed by atoms with van der Waals surface area (Å²) in [6.07, 6.45) is 1.27. The molecule has 0 aliphatic heterocycles. The molecule has 0 amide bonds. The van der Waals surface area contributed by atoms with Crippen LogP contribution < -0.4 is 0 Å². The predicted octanol–water partition coefficient (Wildman–Crippen LogP) is 1.14. The second kappa shape index (κ2) is 5.93. The Kier molecular flexibility index (Phi) is 4.56. The van der Waals surface area contributed by atoms with Crippen molar-refractivity contribution in [1.29, 1.82) is 0 Å². The van der Waals surface area contributed by atoms with E-state index in [1.165, 1.54) is 6.20 Å². The van der Waals surface area contributed by atoms with Crippen LogP contribution in [0.15, 0.2) is 6.20 Å². The Hall–Kier alpha value is -1.98. The van der Waals surface area contributed by atoms with Crippen LogP contribution in [0.1, 0.15) is 40.5 Å². The molecule has 0 fully saturated rings. The summed E-state index contributed by atoms with van der Waals surface area (Å²) >= 11 is 0. The molecule has 1 aromatic rings. The lowest BCUT2D eigenvalue weighted by atomic mass is 10.2. The Bertz CT molecular complexity index is 431. The summed E-state index contributed by atoms with van der Waals surface area (Å²) in [6, 6.07) is 0. The van der Waals surface area contributed by atoms with Crippen molar-refractivity contribution in [3.05, 3.63) is 23.3 Å². The van der Waals surface area contributed by atoms with Crippen LogP contribution in [0.4, 0.5) is 0 Å². The lowest BCUT2D eigenvalue weighted by Crippen LogP contribution is -2.17. The first-order chi connectivity index (χ1) is 8.10. The summed E-state index contributed by atoms with van der Waals surface area (Å²) in [7, 11) is 0. The van der Waals surface area contributed by atoms with E-state index in [9.17, 15) is 9.59 Å². The molecule has 0 saturated heterocycles. The quantitative estimate of drug-likeness (QED) is 0.732. The van der Waals surface area contributed by atoms with Gasteiger partial charge in [-0.3, -0.25) is 0 Å². The number of carbonyl (C=O) groups is 2. The monoisotopic (exact) mass is 238 g/mol. The van der Waals surface area contributed by atoms with Gasteiger partial charge in [-0.05, 0) is 20.8 Å². The van der Waals surface area contributed by atoms with Crippen molar-refractivity contribution >= 4 is 11.9 Å². The first-order valence-corrected chi connectivity index (χ1v) is 5.28. The Labute approximate surface area is 99.0 Å². The molecule has 6 heteroatoms. The molecule has 0 saturated carbocycles. The molecule has 0 aromatic carbocycles. The molecule has 0 N–H and O–H groups in total. The summed E-state index contributed by atoms with van der Waals surface area (Å²) in [6.45, 7) is 5.41. The minimum atomic E-state index is -0.652. The Morgan fingerprint density at radius 2 is 1.76 bits per heavy atom. The zero-order valence-electron chi connectivity index (χ0n) is 10.0. The number of aromatic nitrogens is 2. The van der Waals surface area contributed by atoms with Crippen LogP contribution in [-0.2, 0) is 9.47 Å². The summed E-state index contributed by atoms with van der Waals surface area (Å²) in [5.41, 5.74) is -0.0336. The molecule has 6 nitrogen and oxygen atoms in total. The third-order valence-electron chi connectivity index (χ3n) is 1.87. The first-order valence-electron chi connectivity index (χ1n) is 5.28. The van der Waals surface area contributed by atoms with Crippen LogP contribution in [0.25, 0.3) is 0 Å². The van der Waals surface area contributed by atoms with Crippen LogP contribution in [-0.4, -0.2) is 35.1 Å². The number of carbonyl (C=O) groups excluding carboxylic acids is 2. The highest BCUT2D eigenvalue weighted by Gasteiger charge is 2.21. The molecule has 1 aromatic heterocycles. The van der Waals surface area contributed by atoms with Gasteiger partial charge in [0.2, 0.25) is 0 Å². The SMILES string of the molecule is CCOC(=O)c1cnc(C)nc1C(=O)OCC. The average molecular weight is 238 g/mol. The molecule has 0 radical (unpaired) electrons. The second-order valence-electron chi connectivity index (χ2n) is 3.12. The third-order valence-corrected chi connectivity index (χ3v) is 1.87. The van der Waals surface area contributed by atoms with Crippen LogP contribution in [0.2, 0.25) is 0 Å². The van der Waals surface area contributed by atoms with E-state index in [0.29, 0.717) is 5.82 Å². The topological polar surface area (TPSA) is 78.4 Å². The van der Waals surface area contributed by atoms with Crippen molar-refractivity contribution < 1.29 is 19.1 Å². The maximum Gasteiger partial charge on any atom is 0.357 e. The standard InChI is InChI=1S/C11H14N2O4/c1-4-16-10(14)8-6-12-7(3)13-9(8)11(15)17-5-2/h6H,4-5H2,1-3H3. The fourth-order valence-corrected chi connectivity index (χ4v) is 1.18. The van der Waals surface area contributed by atoms with Gasteiger partial charge in [0.25, 0.3) is 0 Å². The van der Waals surface area contributed by atoms with Gasteiger partial charge in [-0.15, -0.1) is 0 Å². The zero-order chi connectivity index (χ0) is 12.8. The number of hydrogen-bond donors (Lipinski definition) is 0. The average Bonchev–Trinajstić information content (AvgIpc) is 2.29. The summed E-state index contributed by atoms with van der Waals surface area (Å²) in [4.78, 5) is 31.0. The fourth-order valence-electron chi connectivity index (χ4n) is 1.18. The zero-order valence-corrected chi connectivity index (χ0v) is 10.0. The fraction of sp³-hybridized carbons (Fsp3) is 0.455. The van der Waals surface area contributed by atoms with Gasteiger partial charge < -0.3 is 9.47 Å². The van der Waals surface area contributed by atoms with Gasteiger partial charge in [-0.1, -0.05) is 0 Å². The maximum absolute atomic E-state index is 11.6. The van der Waals surface area contributed by atoms with Crippen molar-refractivity contribution in [3.63, 3.8) is 0 Å². The molecule has 1 heterocycles. The molecular weight excluding hydrogens is 224 g/mol. The normalized spacial score (nSPS) is 9.82. The van der Waals surface area contributed by atoms with E-state index in [1.807, 2.05) is 0 Å². The lowest BCUT2D eigenvalue weighted by molar-refractivity contribution is 0.0472. The highest BCUT2D eigenvalue weighted by Crippen LogP contribution is 2.09. The molecular formula is C11H14N2O4.